The van der Waals surface area contributed by atoms with Gasteiger partial charge in [-0.25, -0.2) is 4.68 Å². The Morgan fingerprint density at radius 2 is 1.70 bits per heavy atom. The van der Waals surface area contributed by atoms with Gasteiger partial charge < -0.3 is 4.90 Å². The monoisotopic (exact) mass is 420 g/mol. The van der Waals surface area contributed by atoms with Gasteiger partial charge in [-0.3, -0.25) is 9.69 Å². The van der Waals surface area contributed by atoms with Gasteiger partial charge in [-0.1, -0.05) is 6.92 Å². The van der Waals surface area contributed by atoms with Crippen LogP contribution >= 0.6 is 0 Å². The lowest BCUT2D eigenvalue weighted by Gasteiger charge is -2.34. The minimum Gasteiger partial charge on any atom is -0.336 e. The molecule has 2 aliphatic rings. The molecule has 0 N–H and O–H groups in total. The molecular weight excluding hydrogens is 393 g/mol. The molecule has 1 aliphatic heterocycles. The highest BCUT2D eigenvalue weighted by Gasteiger charge is 2.39. The average molecular weight is 420 g/mol. The van der Waals surface area contributed by atoms with Crippen molar-refractivity contribution >= 4 is 5.91 Å². The number of benzene rings is 1. The maximum absolute atomic E-state index is 13.4. The maximum Gasteiger partial charge on any atom is 0.435 e. The van der Waals surface area contributed by atoms with Gasteiger partial charge in [0.05, 0.1) is 5.69 Å². The van der Waals surface area contributed by atoms with Crippen LogP contribution in [0.25, 0.3) is 5.69 Å². The van der Waals surface area contributed by atoms with Gasteiger partial charge >= 0.3 is 6.18 Å². The molecule has 1 aromatic carbocycles. The van der Waals surface area contributed by atoms with Gasteiger partial charge in [-0.15, -0.1) is 0 Å². The predicted molar refractivity (Wildman–Crippen MR) is 108 cm³/mol. The summed E-state index contributed by atoms with van der Waals surface area (Å²) in [5.41, 5.74) is 1.30. The zero-order chi connectivity index (χ0) is 21.3. The van der Waals surface area contributed by atoms with Crippen molar-refractivity contribution in [2.24, 2.45) is 0 Å². The molecule has 1 saturated heterocycles. The second kappa shape index (κ2) is 8.41. The summed E-state index contributed by atoms with van der Waals surface area (Å²) < 4.78 is 41.7. The molecule has 0 spiro atoms. The summed E-state index contributed by atoms with van der Waals surface area (Å²) in [6, 6.07) is 6.78. The number of hydrogen-bond donors (Lipinski definition) is 0. The largest absolute Gasteiger partial charge is 0.435 e. The number of carbonyl (C=O) groups is 1. The Labute approximate surface area is 174 Å². The predicted octanol–water partition coefficient (Wildman–Crippen LogP) is 3.94. The van der Waals surface area contributed by atoms with Crippen LogP contribution in [0.5, 0.6) is 0 Å². The van der Waals surface area contributed by atoms with Crippen molar-refractivity contribution in [2.45, 2.75) is 45.2 Å². The number of rotatable bonds is 4. The van der Waals surface area contributed by atoms with E-state index in [0.29, 0.717) is 48.4 Å². The van der Waals surface area contributed by atoms with Crippen LogP contribution in [0.4, 0.5) is 13.2 Å². The standard InChI is InChI=1S/C22H27F3N4O/c1-2-11-27-12-14-28(15-13-27)21(30)16-7-9-17(10-8-16)29-19-6-4-3-5-18(19)20(26-29)22(23,24)25/h7-10H,2-6,11-15H2,1H3. The van der Waals surface area contributed by atoms with Crippen LogP contribution in [0.3, 0.4) is 0 Å². The van der Waals surface area contributed by atoms with Crippen molar-refractivity contribution in [1.82, 2.24) is 19.6 Å². The molecule has 0 saturated carbocycles. The van der Waals surface area contributed by atoms with Crippen LogP contribution in [-0.2, 0) is 19.0 Å². The molecule has 1 amide bonds. The molecule has 162 valence electrons. The van der Waals surface area contributed by atoms with Crippen LogP contribution in [0.1, 0.15) is 53.5 Å². The maximum atomic E-state index is 13.4. The number of amides is 1. The van der Waals surface area contributed by atoms with Crippen LogP contribution in [0.15, 0.2) is 24.3 Å². The van der Waals surface area contributed by atoms with Gasteiger partial charge in [-0.05, 0) is 62.9 Å². The lowest BCUT2D eigenvalue weighted by molar-refractivity contribution is -0.142. The molecule has 1 fully saturated rings. The highest BCUT2D eigenvalue weighted by Crippen LogP contribution is 2.36. The van der Waals surface area contributed by atoms with Crippen molar-refractivity contribution in [2.75, 3.05) is 32.7 Å². The van der Waals surface area contributed by atoms with E-state index in [1.54, 1.807) is 24.3 Å². The van der Waals surface area contributed by atoms with E-state index in [0.717, 1.165) is 38.9 Å². The Balaban J connectivity index is 1.53. The number of piperazine rings is 1. The zero-order valence-electron chi connectivity index (χ0n) is 17.2. The van der Waals surface area contributed by atoms with Gasteiger partial charge in [0.2, 0.25) is 0 Å². The number of alkyl halides is 3. The minimum absolute atomic E-state index is 0.0313. The molecule has 1 aromatic heterocycles. The summed E-state index contributed by atoms with van der Waals surface area (Å²) in [4.78, 5) is 17.0. The van der Waals surface area contributed by atoms with E-state index in [1.807, 2.05) is 4.90 Å². The van der Waals surface area contributed by atoms with Crippen LogP contribution in [0, 0.1) is 0 Å². The Morgan fingerprint density at radius 1 is 1.03 bits per heavy atom. The van der Waals surface area contributed by atoms with E-state index >= 15 is 0 Å². The molecule has 5 nitrogen and oxygen atoms in total. The number of carbonyl (C=O) groups excluding carboxylic acids is 1. The molecule has 2 aromatic rings. The summed E-state index contributed by atoms with van der Waals surface area (Å²) in [6.07, 6.45) is -0.756. The molecular formula is C22H27F3N4O. The van der Waals surface area contributed by atoms with Crippen molar-refractivity contribution in [1.29, 1.82) is 0 Å². The molecule has 0 radical (unpaired) electrons. The number of nitrogens with zero attached hydrogens (tertiary/aromatic N) is 4. The van der Waals surface area contributed by atoms with Crippen molar-refractivity contribution in [3.8, 4) is 5.69 Å². The third kappa shape index (κ3) is 4.10. The highest BCUT2D eigenvalue weighted by atomic mass is 19.4. The molecule has 8 heteroatoms. The lowest BCUT2D eigenvalue weighted by Crippen LogP contribution is -2.48. The quantitative estimate of drug-likeness (QED) is 0.753. The van der Waals surface area contributed by atoms with E-state index in [2.05, 4.69) is 16.9 Å². The topological polar surface area (TPSA) is 41.4 Å². The van der Waals surface area contributed by atoms with Gasteiger partial charge in [0.25, 0.3) is 5.91 Å². The highest BCUT2D eigenvalue weighted by molar-refractivity contribution is 5.94. The minimum atomic E-state index is -4.46. The number of halogens is 3. The molecule has 0 bridgehead atoms. The van der Waals surface area contributed by atoms with E-state index in [9.17, 15) is 18.0 Å². The van der Waals surface area contributed by atoms with Gasteiger partial charge in [0.15, 0.2) is 5.69 Å². The van der Waals surface area contributed by atoms with Crippen molar-refractivity contribution in [3.05, 3.63) is 46.8 Å². The summed E-state index contributed by atoms with van der Waals surface area (Å²) in [7, 11) is 0. The van der Waals surface area contributed by atoms with Crippen LogP contribution in [-0.4, -0.2) is 58.2 Å². The van der Waals surface area contributed by atoms with Crippen molar-refractivity contribution in [3.63, 3.8) is 0 Å². The van der Waals surface area contributed by atoms with E-state index in [1.165, 1.54) is 4.68 Å². The average Bonchev–Trinajstić information content (AvgIpc) is 3.14. The van der Waals surface area contributed by atoms with Crippen LogP contribution in [0.2, 0.25) is 0 Å². The first-order valence-electron chi connectivity index (χ1n) is 10.7. The number of hydrogen-bond acceptors (Lipinski definition) is 3. The Kier molecular flexibility index (Phi) is 5.86. The SMILES string of the molecule is CCCN1CCN(C(=O)c2ccc(-n3nc(C(F)(F)F)c4c3CCCC4)cc2)CC1. The molecule has 1 aliphatic carbocycles. The van der Waals surface area contributed by atoms with Gasteiger partial charge in [0, 0.05) is 43.0 Å². The summed E-state index contributed by atoms with van der Waals surface area (Å²) in [6.45, 7) is 6.33. The first kappa shape index (κ1) is 20.9. The Morgan fingerprint density at radius 3 is 2.33 bits per heavy atom. The lowest BCUT2D eigenvalue weighted by atomic mass is 9.95. The molecule has 2 heterocycles. The van der Waals surface area contributed by atoms with Crippen molar-refractivity contribution < 1.29 is 18.0 Å². The summed E-state index contributed by atoms with van der Waals surface area (Å²) >= 11 is 0. The zero-order valence-corrected chi connectivity index (χ0v) is 17.2. The Hall–Kier alpha value is -2.35. The third-order valence-electron chi connectivity index (χ3n) is 6.01. The first-order valence-corrected chi connectivity index (χ1v) is 10.7. The van der Waals surface area contributed by atoms with E-state index in [-0.39, 0.29) is 5.91 Å². The fraction of sp³-hybridized carbons (Fsp3) is 0.545. The smallest absolute Gasteiger partial charge is 0.336 e. The second-order valence-electron chi connectivity index (χ2n) is 8.07. The normalized spacial score (nSPS) is 17.8. The number of fused-ring (bicyclic) bond motifs is 1. The van der Waals surface area contributed by atoms with Crippen LogP contribution < -0.4 is 0 Å². The molecule has 30 heavy (non-hydrogen) atoms. The van der Waals surface area contributed by atoms with Gasteiger partial charge in [-0.2, -0.15) is 18.3 Å². The van der Waals surface area contributed by atoms with E-state index in [4.69, 9.17) is 0 Å². The Bertz CT molecular complexity index is 896. The summed E-state index contributed by atoms with van der Waals surface area (Å²) in [5, 5.41) is 3.91. The van der Waals surface area contributed by atoms with E-state index < -0.39 is 11.9 Å². The fourth-order valence-corrected chi connectivity index (χ4v) is 4.46. The fourth-order valence-electron chi connectivity index (χ4n) is 4.46. The number of aromatic nitrogens is 2. The second-order valence-corrected chi connectivity index (χ2v) is 8.07. The summed E-state index contributed by atoms with van der Waals surface area (Å²) in [5.74, 6) is -0.0313. The third-order valence-corrected chi connectivity index (χ3v) is 6.01. The molecule has 0 atom stereocenters. The molecule has 0 unspecified atom stereocenters. The molecule has 4 rings (SSSR count). The van der Waals surface area contributed by atoms with Gasteiger partial charge in [0.1, 0.15) is 0 Å². The first-order chi connectivity index (χ1) is 14.4.